The summed E-state index contributed by atoms with van der Waals surface area (Å²) < 4.78 is 4.71. The number of anilines is 1. The van der Waals surface area contributed by atoms with Crippen molar-refractivity contribution in [3.63, 3.8) is 0 Å². The molecule has 5 heteroatoms. The van der Waals surface area contributed by atoms with Crippen LogP contribution in [0.15, 0.2) is 47.5 Å². The first-order chi connectivity index (χ1) is 13.3. The molecular weight excluding hydrogens is 372 g/mol. The second-order valence-corrected chi connectivity index (χ2v) is 7.82. The van der Waals surface area contributed by atoms with E-state index < -0.39 is 0 Å². The lowest BCUT2D eigenvalue weighted by atomic mass is 9.88. The Hall–Kier alpha value is -2.59. The number of halogens is 1. The van der Waals surface area contributed by atoms with E-state index in [-0.39, 0.29) is 11.5 Å². The van der Waals surface area contributed by atoms with Gasteiger partial charge in [-0.05, 0) is 69.7 Å². The van der Waals surface area contributed by atoms with Crippen LogP contribution >= 0.6 is 11.6 Å². The Balaban J connectivity index is 1.93. The lowest BCUT2D eigenvalue weighted by Gasteiger charge is -2.43. The van der Waals surface area contributed by atoms with E-state index in [9.17, 15) is 4.79 Å². The maximum Gasteiger partial charge on any atom is 0.337 e. The highest BCUT2D eigenvalue weighted by Gasteiger charge is 2.30. The zero-order valence-electron chi connectivity index (χ0n) is 16.9. The fourth-order valence-electron chi connectivity index (χ4n) is 3.74. The van der Waals surface area contributed by atoms with Crippen molar-refractivity contribution < 1.29 is 9.53 Å². The zero-order chi connectivity index (χ0) is 20.5. The predicted molar refractivity (Wildman–Crippen MR) is 117 cm³/mol. The molecule has 0 bridgehead atoms. The number of aliphatic imine (C=N–C) groups is 1. The van der Waals surface area contributed by atoms with Gasteiger partial charge in [-0.1, -0.05) is 17.7 Å². The second kappa shape index (κ2) is 7.80. The van der Waals surface area contributed by atoms with Gasteiger partial charge < -0.3 is 9.64 Å². The molecule has 4 nitrogen and oxygen atoms in total. The molecule has 0 unspecified atom stereocenters. The van der Waals surface area contributed by atoms with Gasteiger partial charge in [0, 0.05) is 29.6 Å². The van der Waals surface area contributed by atoms with E-state index >= 15 is 0 Å². The van der Waals surface area contributed by atoms with Crippen LogP contribution in [-0.2, 0) is 4.74 Å². The normalized spacial score (nSPS) is 15.4. The summed E-state index contributed by atoms with van der Waals surface area (Å²) in [6, 6.07) is 11.1. The van der Waals surface area contributed by atoms with Gasteiger partial charge in [-0.3, -0.25) is 4.99 Å². The van der Waals surface area contributed by atoms with Gasteiger partial charge in [0.1, 0.15) is 0 Å². The minimum atomic E-state index is -0.362. The first-order valence-electron chi connectivity index (χ1n) is 9.30. The average molecular weight is 397 g/mol. The minimum Gasteiger partial charge on any atom is -0.465 e. The molecule has 146 valence electrons. The molecule has 2 aromatic carbocycles. The van der Waals surface area contributed by atoms with Crippen molar-refractivity contribution in [3.8, 4) is 0 Å². The summed E-state index contributed by atoms with van der Waals surface area (Å²) in [6.07, 6.45) is 4.05. The number of benzene rings is 2. The van der Waals surface area contributed by atoms with Crippen LogP contribution in [-0.4, -0.2) is 31.4 Å². The van der Waals surface area contributed by atoms with Crippen molar-refractivity contribution >= 4 is 40.7 Å². The summed E-state index contributed by atoms with van der Waals surface area (Å²) in [5.74, 6) is -0.362. The molecule has 0 fully saturated rings. The van der Waals surface area contributed by atoms with Gasteiger partial charge >= 0.3 is 5.97 Å². The molecule has 1 aliphatic rings. The number of allylic oxidation sites excluding steroid dienone is 1. The van der Waals surface area contributed by atoms with E-state index in [2.05, 4.69) is 49.7 Å². The summed E-state index contributed by atoms with van der Waals surface area (Å²) in [7, 11) is 1.36. The van der Waals surface area contributed by atoms with Gasteiger partial charge in [-0.15, -0.1) is 0 Å². The van der Waals surface area contributed by atoms with Crippen LogP contribution in [0.5, 0.6) is 0 Å². The number of hydrogen-bond donors (Lipinski definition) is 0. The molecule has 0 aromatic heterocycles. The standard InChI is InChI=1S/C23H25ClN2O2/c1-6-26-21-12-20(24)17(11-19(21)15(2)13-23(26,3)4)14-25-18-9-7-16(8-10-18)22(27)28-5/h7-14H,6H2,1-5H3. The molecular formula is C23H25ClN2O2. The molecule has 0 aliphatic carbocycles. The number of carbonyl (C=O) groups excluding carboxylic acids is 1. The number of likely N-dealkylation sites (N-methyl/N-ethyl adjacent to an activating group) is 1. The van der Waals surface area contributed by atoms with Crippen LogP contribution in [0.3, 0.4) is 0 Å². The van der Waals surface area contributed by atoms with Gasteiger partial charge in [0.25, 0.3) is 0 Å². The molecule has 28 heavy (non-hydrogen) atoms. The Morgan fingerprint density at radius 2 is 1.93 bits per heavy atom. The summed E-state index contributed by atoms with van der Waals surface area (Å²) in [5.41, 5.74) is 5.61. The molecule has 2 aromatic rings. The van der Waals surface area contributed by atoms with Crippen LogP contribution in [0.4, 0.5) is 11.4 Å². The number of nitrogens with zero attached hydrogens (tertiary/aromatic N) is 2. The molecule has 0 saturated carbocycles. The average Bonchev–Trinajstić information content (AvgIpc) is 2.66. The molecule has 3 rings (SSSR count). The molecule has 1 heterocycles. The molecule has 0 amide bonds. The van der Waals surface area contributed by atoms with E-state index in [0.717, 1.165) is 23.5 Å². The Bertz CT molecular complexity index is 959. The second-order valence-electron chi connectivity index (χ2n) is 7.41. The highest BCUT2D eigenvalue weighted by atomic mass is 35.5. The fourth-order valence-corrected chi connectivity index (χ4v) is 3.94. The van der Waals surface area contributed by atoms with E-state index in [1.54, 1.807) is 30.5 Å². The fraction of sp³-hybridized carbons (Fsp3) is 0.304. The summed E-state index contributed by atoms with van der Waals surface area (Å²) in [6.45, 7) is 9.61. The van der Waals surface area contributed by atoms with Crippen LogP contribution in [0.25, 0.3) is 5.57 Å². The molecule has 0 radical (unpaired) electrons. The minimum absolute atomic E-state index is 0.0495. The van der Waals surface area contributed by atoms with Crippen LogP contribution in [0.2, 0.25) is 5.02 Å². The van der Waals surface area contributed by atoms with Crippen molar-refractivity contribution in [3.05, 3.63) is 64.2 Å². The molecule has 0 saturated heterocycles. The smallest absolute Gasteiger partial charge is 0.337 e. The van der Waals surface area contributed by atoms with Crippen LogP contribution in [0, 0.1) is 0 Å². The SMILES string of the molecule is CCN1c2cc(Cl)c(C=Nc3ccc(C(=O)OC)cc3)cc2C(C)=CC1(C)C. The summed E-state index contributed by atoms with van der Waals surface area (Å²) >= 11 is 6.58. The third-order valence-corrected chi connectivity index (χ3v) is 5.38. The monoisotopic (exact) mass is 396 g/mol. The topological polar surface area (TPSA) is 41.9 Å². The highest BCUT2D eigenvalue weighted by Crippen LogP contribution is 2.41. The van der Waals surface area contributed by atoms with Gasteiger partial charge in [0.05, 0.1) is 28.9 Å². The van der Waals surface area contributed by atoms with E-state index in [1.165, 1.54) is 18.2 Å². The Morgan fingerprint density at radius 1 is 1.25 bits per heavy atom. The highest BCUT2D eigenvalue weighted by molar-refractivity contribution is 6.33. The van der Waals surface area contributed by atoms with Gasteiger partial charge in [0.15, 0.2) is 0 Å². The third-order valence-electron chi connectivity index (χ3n) is 5.05. The maximum atomic E-state index is 11.5. The Kier molecular flexibility index (Phi) is 5.61. The Morgan fingerprint density at radius 3 is 2.54 bits per heavy atom. The van der Waals surface area contributed by atoms with Crippen LogP contribution < -0.4 is 4.90 Å². The number of ether oxygens (including phenoxy) is 1. The lowest BCUT2D eigenvalue weighted by Crippen LogP contribution is -2.44. The number of methoxy groups -OCH3 is 1. The Labute approximate surface area is 171 Å². The summed E-state index contributed by atoms with van der Waals surface area (Å²) in [4.78, 5) is 18.4. The van der Waals surface area contributed by atoms with Gasteiger partial charge in [-0.25, -0.2) is 4.79 Å². The van der Waals surface area contributed by atoms with Crippen molar-refractivity contribution in [2.45, 2.75) is 33.2 Å². The van der Waals surface area contributed by atoms with E-state index in [4.69, 9.17) is 16.3 Å². The predicted octanol–water partition coefficient (Wildman–Crippen LogP) is 5.90. The third kappa shape index (κ3) is 3.83. The first kappa shape index (κ1) is 20.2. The van der Waals surface area contributed by atoms with Crippen LogP contribution in [0.1, 0.15) is 49.2 Å². The molecule has 1 aliphatic heterocycles. The number of fused-ring (bicyclic) bond motifs is 1. The zero-order valence-corrected chi connectivity index (χ0v) is 17.7. The number of carbonyl (C=O) groups is 1. The molecule has 0 spiro atoms. The number of rotatable bonds is 4. The summed E-state index contributed by atoms with van der Waals surface area (Å²) in [5, 5.41) is 0.664. The largest absolute Gasteiger partial charge is 0.465 e. The van der Waals surface area contributed by atoms with Crippen molar-refractivity contribution in [1.29, 1.82) is 0 Å². The number of esters is 1. The maximum absolute atomic E-state index is 11.5. The lowest BCUT2D eigenvalue weighted by molar-refractivity contribution is 0.0601. The van der Waals surface area contributed by atoms with Gasteiger partial charge in [-0.2, -0.15) is 0 Å². The van der Waals surface area contributed by atoms with E-state index in [0.29, 0.717) is 10.6 Å². The number of hydrogen-bond acceptors (Lipinski definition) is 4. The van der Waals surface area contributed by atoms with Crippen molar-refractivity contribution in [1.82, 2.24) is 0 Å². The quantitative estimate of drug-likeness (QED) is 0.477. The van der Waals surface area contributed by atoms with Gasteiger partial charge in [0.2, 0.25) is 0 Å². The molecule has 0 N–H and O–H groups in total. The first-order valence-corrected chi connectivity index (χ1v) is 9.68. The molecule has 0 atom stereocenters. The van der Waals surface area contributed by atoms with Crippen molar-refractivity contribution in [2.75, 3.05) is 18.6 Å². The van der Waals surface area contributed by atoms with E-state index in [1.807, 2.05) is 6.07 Å². The van der Waals surface area contributed by atoms with Crippen molar-refractivity contribution in [2.24, 2.45) is 4.99 Å².